The van der Waals surface area contributed by atoms with Crippen molar-refractivity contribution in [2.24, 2.45) is 5.73 Å². The fourth-order valence-electron chi connectivity index (χ4n) is 3.47. The molecule has 4 rings (SSSR count). The molecule has 1 amide bonds. The van der Waals surface area contributed by atoms with Gasteiger partial charge in [0.05, 0.1) is 17.9 Å². The van der Waals surface area contributed by atoms with Gasteiger partial charge in [0.15, 0.2) is 5.75 Å². The first-order chi connectivity index (χ1) is 15.5. The lowest BCUT2D eigenvalue weighted by atomic mass is 10.1. The number of ether oxygens (including phenoxy) is 1. The minimum absolute atomic E-state index is 0.392. The number of amides is 1. The highest BCUT2D eigenvalue weighted by Crippen LogP contribution is 2.27. The van der Waals surface area contributed by atoms with Crippen molar-refractivity contribution in [3.8, 4) is 16.3 Å². The average Bonchev–Trinajstić information content (AvgIpc) is 3.39. The molecule has 0 aliphatic heterocycles. The lowest BCUT2D eigenvalue weighted by molar-refractivity contribution is 0.199. The Hall–Kier alpha value is -3.42. The quantitative estimate of drug-likeness (QED) is 0.417. The van der Waals surface area contributed by atoms with Gasteiger partial charge >= 0.3 is 6.09 Å². The van der Waals surface area contributed by atoms with Gasteiger partial charge in [0.1, 0.15) is 5.01 Å². The molecular formula is C25H26N4O2S. The average molecular weight is 447 g/mol. The summed E-state index contributed by atoms with van der Waals surface area (Å²) in [6, 6.07) is 19.8. The number of rotatable bonds is 7. The molecule has 32 heavy (non-hydrogen) atoms. The summed E-state index contributed by atoms with van der Waals surface area (Å²) in [5.74, 6) is 0.553. The van der Waals surface area contributed by atoms with E-state index in [1.807, 2.05) is 62.4 Å². The fraction of sp³-hybridized carbons (Fsp3) is 0.200. The maximum absolute atomic E-state index is 12.3. The maximum atomic E-state index is 12.3. The third kappa shape index (κ3) is 5.07. The molecule has 4 aromatic rings. The molecule has 0 fully saturated rings. The van der Waals surface area contributed by atoms with Crippen molar-refractivity contribution >= 4 is 17.4 Å². The van der Waals surface area contributed by atoms with E-state index in [2.05, 4.69) is 27.4 Å². The van der Waals surface area contributed by atoms with E-state index in [1.54, 1.807) is 11.3 Å². The molecule has 2 heterocycles. The number of hydrogen-bond acceptors (Lipinski definition) is 5. The molecule has 6 nitrogen and oxygen atoms in total. The second-order valence-corrected chi connectivity index (χ2v) is 8.45. The SMILES string of the molecule is Cc1cc(OC(=O)NCc2ccc(CN)cc2)c(C)n1Cc1csc(-c2ccccc2)n1. The van der Waals surface area contributed by atoms with Crippen LogP contribution in [0.25, 0.3) is 10.6 Å². The Morgan fingerprint density at radius 1 is 1.09 bits per heavy atom. The molecule has 0 saturated carbocycles. The van der Waals surface area contributed by atoms with Crippen LogP contribution in [0.4, 0.5) is 4.79 Å². The molecule has 0 aliphatic carbocycles. The van der Waals surface area contributed by atoms with Crippen molar-refractivity contribution in [2.45, 2.75) is 33.5 Å². The number of nitrogens with one attached hydrogen (secondary N) is 1. The Labute approximate surface area is 191 Å². The molecule has 0 spiro atoms. The van der Waals surface area contributed by atoms with E-state index in [0.717, 1.165) is 38.8 Å². The largest absolute Gasteiger partial charge is 0.412 e. The third-order valence-corrected chi connectivity index (χ3v) is 6.26. The van der Waals surface area contributed by atoms with E-state index in [0.29, 0.717) is 25.4 Å². The number of aromatic nitrogens is 2. The van der Waals surface area contributed by atoms with Crippen LogP contribution in [0.5, 0.6) is 5.75 Å². The molecule has 0 bridgehead atoms. The minimum Gasteiger partial charge on any atom is -0.408 e. The fourth-order valence-corrected chi connectivity index (χ4v) is 4.29. The van der Waals surface area contributed by atoms with Gasteiger partial charge in [-0.15, -0.1) is 11.3 Å². The minimum atomic E-state index is -0.479. The highest BCUT2D eigenvalue weighted by molar-refractivity contribution is 7.13. The van der Waals surface area contributed by atoms with Gasteiger partial charge in [-0.2, -0.15) is 0 Å². The van der Waals surface area contributed by atoms with Gasteiger partial charge in [-0.1, -0.05) is 54.6 Å². The standard InChI is InChI=1S/C25H26N4O2S/c1-17-12-23(31-25(30)27-14-20-10-8-19(13-26)9-11-20)18(2)29(17)15-22-16-32-24(28-22)21-6-4-3-5-7-21/h3-12,16H,13-15,26H2,1-2H3,(H,27,30). The van der Waals surface area contributed by atoms with Crippen LogP contribution in [-0.4, -0.2) is 15.6 Å². The predicted octanol–water partition coefficient (Wildman–Crippen LogP) is 5.02. The van der Waals surface area contributed by atoms with Gasteiger partial charge in [-0.3, -0.25) is 0 Å². The predicted molar refractivity (Wildman–Crippen MR) is 128 cm³/mol. The normalized spacial score (nSPS) is 10.8. The lowest BCUT2D eigenvalue weighted by Gasteiger charge is -2.09. The third-order valence-electron chi connectivity index (χ3n) is 5.32. The summed E-state index contributed by atoms with van der Waals surface area (Å²) in [5.41, 5.74) is 11.7. The molecule has 164 valence electrons. The number of nitrogens with two attached hydrogens (primary N) is 1. The van der Waals surface area contributed by atoms with Crippen molar-refractivity contribution in [3.63, 3.8) is 0 Å². The van der Waals surface area contributed by atoms with Crippen LogP contribution in [0.1, 0.15) is 28.2 Å². The Morgan fingerprint density at radius 2 is 1.81 bits per heavy atom. The first-order valence-electron chi connectivity index (χ1n) is 10.4. The summed E-state index contributed by atoms with van der Waals surface area (Å²) in [6.45, 7) is 5.47. The van der Waals surface area contributed by atoms with Crippen molar-refractivity contribution in [3.05, 3.63) is 94.3 Å². The highest BCUT2D eigenvalue weighted by Gasteiger charge is 2.15. The van der Waals surface area contributed by atoms with E-state index in [9.17, 15) is 4.79 Å². The first-order valence-corrected chi connectivity index (χ1v) is 11.3. The molecule has 0 unspecified atom stereocenters. The summed E-state index contributed by atoms with van der Waals surface area (Å²) in [7, 11) is 0. The van der Waals surface area contributed by atoms with E-state index in [-0.39, 0.29) is 0 Å². The number of hydrogen-bond donors (Lipinski definition) is 2. The van der Waals surface area contributed by atoms with E-state index in [4.69, 9.17) is 15.5 Å². The van der Waals surface area contributed by atoms with E-state index >= 15 is 0 Å². The van der Waals surface area contributed by atoms with Gasteiger partial charge < -0.3 is 20.4 Å². The molecule has 0 saturated heterocycles. The summed E-state index contributed by atoms with van der Waals surface area (Å²) in [5, 5.41) is 5.87. The van der Waals surface area contributed by atoms with Gasteiger partial charge in [0.2, 0.25) is 0 Å². The van der Waals surface area contributed by atoms with Gasteiger partial charge in [-0.05, 0) is 25.0 Å². The van der Waals surface area contributed by atoms with Gasteiger partial charge in [0, 0.05) is 35.8 Å². The molecule has 0 atom stereocenters. The van der Waals surface area contributed by atoms with Crippen molar-refractivity contribution < 1.29 is 9.53 Å². The van der Waals surface area contributed by atoms with Crippen LogP contribution in [0.15, 0.2) is 66.0 Å². The summed E-state index contributed by atoms with van der Waals surface area (Å²) in [6.07, 6.45) is -0.479. The smallest absolute Gasteiger partial charge is 0.408 e. The molecule has 2 aromatic carbocycles. The Morgan fingerprint density at radius 3 is 2.53 bits per heavy atom. The zero-order valence-electron chi connectivity index (χ0n) is 18.2. The topological polar surface area (TPSA) is 82.2 Å². The molecule has 0 radical (unpaired) electrons. The number of benzene rings is 2. The molecule has 7 heteroatoms. The van der Waals surface area contributed by atoms with E-state index < -0.39 is 6.09 Å². The van der Waals surface area contributed by atoms with Crippen molar-refractivity contribution in [1.29, 1.82) is 0 Å². The zero-order chi connectivity index (χ0) is 22.5. The van der Waals surface area contributed by atoms with E-state index in [1.165, 1.54) is 0 Å². The first kappa shape index (κ1) is 21.8. The summed E-state index contributed by atoms with van der Waals surface area (Å²) >= 11 is 1.63. The highest BCUT2D eigenvalue weighted by atomic mass is 32.1. The second kappa shape index (κ2) is 9.80. The number of carbonyl (C=O) groups is 1. The Bertz CT molecular complexity index is 1200. The van der Waals surface area contributed by atoms with Crippen LogP contribution in [0, 0.1) is 13.8 Å². The Balaban J connectivity index is 1.39. The number of thiazole rings is 1. The van der Waals surface area contributed by atoms with Crippen molar-refractivity contribution in [2.75, 3.05) is 0 Å². The zero-order valence-corrected chi connectivity index (χ0v) is 19.0. The van der Waals surface area contributed by atoms with Crippen LogP contribution in [-0.2, 0) is 19.6 Å². The number of carbonyl (C=O) groups excluding carboxylic acids is 1. The van der Waals surface area contributed by atoms with Gasteiger partial charge in [-0.25, -0.2) is 9.78 Å². The van der Waals surface area contributed by atoms with Gasteiger partial charge in [0.25, 0.3) is 0 Å². The molecule has 0 aliphatic rings. The van der Waals surface area contributed by atoms with Crippen LogP contribution in [0.2, 0.25) is 0 Å². The molecular weight excluding hydrogens is 420 g/mol. The number of nitrogens with zero attached hydrogens (tertiary/aromatic N) is 2. The monoisotopic (exact) mass is 446 g/mol. The number of aryl methyl sites for hydroxylation is 1. The Kier molecular flexibility index (Phi) is 6.68. The van der Waals surface area contributed by atoms with Crippen LogP contribution in [0.3, 0.4) is 0 Å². The summed E-state index contributed by atoms with van der Waals surface area (Å²) in [4.78, 5) is 17.1. The summed E-state index contributed by atoms with van der Waals surface area (Å²) < 4.78 is 7.69. The maximum Gasteiger partial charge on any atom is 0.412 e. The van der Waals surface area contributed by atoms with Crippen LogP contribution >= 0.6 is 11.3 Å². The van der Waals surface area contributed by atoms with Crippen LogP contribution < -0.4 is 15.8 Å². The lowest BCUT2D eigenvalue weighted by Crippen LogP contribution is -2.26. The van der Waals surface area contributed by atoms with Crippen molar-refractivity contribution in [1.82, 2.24) is 14.9 Å². The molecule has 2 aromatic heterocycles. The molecule has 3 N–H and O–H groups in total. The second-order valence-electron chi connectivity index (χ2n) is 7.60.